The number of aromatic nitrogens is 2. The number of rotatable bonds is 3. The minimum Gasteiger partial charge on any atom is -0.333 e. The van der Waals surface area contributed by atoms with Crippen LogP contribution in [-0.4, -0.2) is 33.8 Å². The molecule has 0 saturated carbocycles. The Morgan fingerprint density at radius 2 is 1.88 bits per heavy atom. The average molecular weight is 458 g/mol. The van der Waals surface area contributed by atoms with E-state index < -0.39 is 29.7 Å². The monoisotopic (exact) mass is 458 g/mol. The first-order chi connectivity index (χ1) is 15.7. The van der Waals surface area contributed by atoms with Crippen LogP contribution in [0.2, 0.25) is 0 Å². The van der Waals surface area contributed by atoms with E-state index in [4.69, 9.17) is 0 Å². The largest absolute Gasteiger partial charge is 0.333 e. The van der Waals surface area contributed by atoms with Crippen LogP contribution in [0.5, 0.6) is 0 Å². The van der Waals surface area contributed by atoms with Crippen LogP contribution in [0.1, 0.15) is 39.6 Å². The molecule has 1 amide bonds. The third-order valence-electron chi connectivity index (χ3n) is 6.07. The van der Waals surface area contributed by atoms with Crippen molar-refractivity contribution >= 4 is 22.2 Å². The number of aromatic amines is 1. The average Bonchev–Trinajstić information content (AvgIpc) is 3.22. The minimum atomic E-state index is -2.63. The fourth-order valence-electron chi connectivity index (χ4n) is 4.40. The van der Waals surface area contributed by atoms with E-state index in [9.17, 15) is 27.2 Å². The van der Waals surface area contributed by atoms with E-state index in [-0.39, 0.29) is 27.8 Å². The van der Waals surface area contributed by atoms with E-state index in [2.05, 4.69) is 10.3 Å². The van der Waals surface area contributed by atoms with Gasteiger partial charge in [-0.05, 0) is 35.7 Å². The summed E-state index contributed by atoms with van der Waals surface area (Å²) in [5, 5.41) is 3.36. The van der Waals surface area contributed by atoms with Crippen LogP contribution in [0.25, 0.3) is 16.3 Å². The molecule has 0 radical (unpaired) electrons. The van der Waals surface area contributed by atoms with Crippen molar-refractivity contribution in [3.8, 4) is 0 Å². The summed E-state index contributed by atoms with van der Waals surface area (Å²) >= 11 is 0. The molecule has 2 N–H and O–H groups in total. The maximum Gasteiger partial charge on any atom is 0.263 e. The molecule has 0 unspecified atom stereocenters. The van der Waals surface area contributed by atoms with Crippen LogP contribution < -0.4 is 10.9 Å². The van der Waals surface area contributed by atoms with Gasteiger partial charge in [0, 0.05) is 54.9 Å². The minimum absolute atomic E-state index is 0.00506. The summed E-state index contributed by atoms with van der Waals surface area (Å²) in [6.45, 7) is 0.614. The van der Waals surface area contributed by atoms with Gasteiger partial charge in [-0.25, -0.2) is 17.6 Å². The van der Waals surface area contributed by atoms with Crippen LogP contribution in [0.4, 0.5) is 17.6 Å². The predicted octanol–water partition coefficient (Wildman–Crippen LogP) is 3.91. The second-order valence-corrected chi connectivity index (χ2v) is 8.04. The molecule has 0 bridgehead atoms. The van der Waals surface area contributed by atoms with Gasteiger partial charge in [0.05, 0.1) is 17.0 Å². The first kappa shape index (κ1) is 21.2. The van der Waals surface area contributed by atoms with Crippen molar-refractivity contribution in [2.45, 2.75) is 19.0 Å². The van der Waals surface area contributed by atoms with E-state index in [1.54, 1.807) is 17.6 Å². The summed E-state index contributed by atoms with van der Waals surface area (Å²) in [7, 11) is 1.56. The van der Waals surface area contributed by atoms with Crippen molar-refractivity contribution in [3.63, 3.8) is 0 Å². The molecule has 33 heavy (non-hydrogen) atoms. The van der Waals surface area contributed by atoms with Crippen LogP contribution in [0.3, 0.4) is 0 Å². The number of fused-ring (bicyclic) bond motifs is 4. The Hall–Kier alpha value is -3.66. The summed E-state index contributed by atoms with van der Waals surface area (Å²) in [4.78, 5) is 29.8. The van der Waals surface area contributed by atoms with E-state index in [1.807, 2.05) is 0 Å². The van der Waals surface area contributed by atoms with Gasteiger partial charge in [-0.1, -0.05) is 0 Å². The van der Waals surface area contributed by atoms with Crippen LogP contribution >= 0.6 is 0 Å². The van der Waals surface area contributed by atoms with Gasteiger partial charge in [0.1, 0.15) is 0 Å². The Morgan fingerprint density at radius 3 is 2.61 bits per heavy atom. The molecule has 1 aliphatic rings. The molecule has 1 atom stereocenters. The highest BCUT2D eigenvalue weighted by Gasteiger charge is 2.31. The molecule has 170 valence electrons. The van der Waals surface area contributed by atoms with Gasteiger partial charge >= 0.3 is 0 Å². The van der Waals surface area contributed by atoms with Gasteiger partial charge < -0.3 is 19.6 Å². The number of carbonyl (C=O) groups excluding carboxylic acids is 1. The maximum absolute atomic E-state index is 14.1. The first-order valence-electron chi connectivity index (χ1n) is 10.2. The SMILES string of the molecule is CN(C(=O)c1cc2cc(C(F)F)ccn2c1)[C@H]1CNCc2[nH]c(=O)c3cc(F)c(F)cc3c21. The third kappa shape index (κ3) is 3.46. The Labute approximate surface area is 184 Å². The van der Waals surface area contributed by atoms with Gasteiger partial charge in [-0.15, -0.1) is 0 Å². The normalized spacial score (nSPS) is 15.9. The number of hydrogen-bond acceptors (Lipinski definition) is 3. The highest BCUT2D eigenvalue weighted by Crippen LogP contribution is 2.33. The maximum atomic E-state index is 14.1. The standard InChI is InChI=1S/C23H18F4N4O2/c1-30(23(33)12-5-13-4-11(21(26)27)2-3-31(13)10-12)19-9-28-8-18-20(19)14-6-16(24)17(25)7-15(14)22(32)29-18/h2-7,10,19,21,28H,8-9H2,1H3,(H,29,32)/t19-/m0/s1. The molecular formula is C23H18F4N4O2. The molecule has 5 rings (SSSR count). The zero-order valence-corrected chi connectivity index (χ0v) is 17.3. The van der Waals surface area contributed by atoms with Crippen molar-refractivity contribution in [3.05, 3.63) is 87.1 Å². The van der Waals surface area contributed by atoms with Gasteiger partial charge in [0.15, 0.2) is 11.6 Å². The van der Waals surface area contributed by atoms with Crippen molar-refractivity contribution < 1.29 is 22.4 Å². The molecule has 1 aliphatic heterocycles. The van der Waals surface area contributed by atoms with Crippen LogP contribution in [-0.2, 0) is 6.54 Å². The van der Waals surface area contributed by atoms with E-state index in [1.165, 1.54) is 29.3 Å². The topological polar surface area (TPSA) is 69.6 Å². The van der Waals surface area contributed by atoms with E-state index >= 15 is 0 Å². The number of likely N-dealkylation sites (N-methyl/N-ethyl adjacent to an activating group) is 1. The number of hydrogen-bond donors (Lipinski definition) is 2. The smallest absolute Gasteiger partial charge is 0.263 e. The lowest BCUT2D eigenvalue weighted by atomic mass is 9.93. The summed E-state index contributed by atoms with van der Waals surface area (Å²) in [6, 6.07) is 5.36. The van der Waals surface area contributed by atoms with Crippen LogP contribution in [0.15, 0.2) is 47.5 Å². The van der Waals surface area contributed by atoms with Crippen molar-refractivity contribution in [1.29, 1.82) is 0 Å². The van der Waals surface area contributed by atoms with Crippen molar-refractivity contribution in [2.24, 2.45) is 0 Å². The Balaban J connectivity index is 1.58. The predicted molar refractivity (Wildman–Crippen MR) is 113 cm³/mol. The van der Waals surface area contributed by atoms with Gasteiger partial charge in [0.25, 0.3) is 17.9 Å². The number of amides is 1. The van der Waals surface area contributed by atoms with Gasteiger partial charge in [-0.2, -0.15) is 0 Å². The molecule has 4 heterocycles. The molecule has 0 fully saturated rings. The highest BCUT2D eigenvalue weighted by molar-refractivity contribution is 5.96. The lowest BCUT2D eigenvalue weighted by molar-refractivity contribution is 0.0723. The Kier molecular flexibility index (Phi) is 4.97. The van der Waals surface area contributed by atoms with E-state index in [0.29, 0.717) is 29.9 Å². The number of nitrogens with zero attached hydrogens (tertiary/aromatic N) is 2. The second-order valence-electron chi connectivity index (χ2n) is 8.04. The molecule has 3 aromatic heterocycles. The lowest BCUT2D eigenvalue weighted by Crippen LogP contribution is -2.42. The molecule has 4 aromatic rings. The Bertz CT molecular complexity index is 1480. The zero-order valence-electron chi connectivity index (χ0n) is 17.3. The number of nitrogens with one attached hydrogen (secondary N) is 2. The summed E-state index contributed by atoms with van der Waals surface area (Å²) in [5.74, 6) is -2.61. The summed E-state index contributed by atoms with van der Waals surface area (Å²) < 4.78 is 55.5. The lowest BCUT2D eigenvalue weighted by Gasteiger charge is -2.34. The quantitative estimate of drug-likeness (QED) is 0.458. The zero-order chi connectivity index (χ0) is 23.4. The number of pyridine rings is 2. The number of H-pyrrole nitrogens is 1. The number of benzene rings is 1. The fraction of sp³-hybridized carbons (Fsp3) is 0.217. The Morgan fingerprint density at radius 1 is 1.15 bits per heavy atom. The molecule has 10 heteroatoms. The molecule has 1 aromatic carbocycles. The van der Waals surface area contributed by atoms with Crippen LogP contribution in [0, 0.1) is 11.6 Å². The second kappa shape index (κ2) is 7.73. The third-order valence-corrected chi connectivity index (χ3v) is 6.07. The number of halogens is 4. The number of carbonyl (C=O) groups is 1. The molecule has 6 nitrogen and oxygen atoms in total. The number of alkyl halides is 2. The molecule has 0 saturated heterocycles. The van der Waals surface area contributed by atoms with Gasteiger partial charge in [-0.3, -0.25) is 9.59 Å². The first-order valence-corrected chi connectivity index (χ1v) is 10.2. The summed E-state index contributed by atoms with van der Waals surface area (Å²) in [5.41, 5.74) is 1.04. The van der Waals surface area contributed by atoms with Crippen molar-refractivity contribution in [2.75, 3.05) is 13.6 Å². The molecule has 0 spiro atoms. The highest BCUT2D eigenvalue weighted by atomic mass is 19.3. The van der Waals surface area contributed by atoms with E-state index in [0.717, 1.165) is 12.1 Å². The van der Waals surface area contributed by atoms with Gasteiger partial charge in [0.2, 0.25) is 0 Å². The summed E-state index contributed by atoms with van der Waals surface area (Å²) in [6.07, 6.45) is 0.374. The van der Waals surface area contributed by atoms with Crippen molar-refractivity contribution in [1.82, 2.24) is 19.6 Å². The molecule has 0 aliphatic carbocycles. The molecular weight excluding hydrogens is 440 g/mol. The fourth-order valence-corrected chi connectivity index (χ4v) is 4.40.